The third kappa shape index (κ3) is 4.59. The second kappa shape index (κ2) is 11.3. The van der Waals surface area contributed by atoms with Crippen LogP contribution >= 0.6 is 0 Å². The molecule has 8 aromatic carbocycles. The van der Waals surface area contributed by atoms with E-state index in [-0.39, 0.29) is 0 Å². The van der Waals surface area contributed by atoms with Crippen molar-refractivity contribution in [3.05, 3.63) is 169 Å². The molecule has 0 aliphatic heterocycles. The summed E-state index contributed by atoms with van der Waals surface area (Å²) >= 11 is 0. The first-order valence-electron chi connectivity index (χ1n) is 17.0. The van der Waals surface area contributed by atoms with Crippen molar-refractivity contribution in [1.29, 1.82) is 0 Å². The number of aryl methyl sites for hydroxylation is 1. The Labute approximate surface area is 289 Å². The molecule has 10 rings (SSSR count). The van der Waals surface area contributed by atoms with Crippen LogP contribution in [-0.2, 0) is 0 Å². The van der Waals surface area contributed by atoms with Gasteiger partial charge in [-0.15, -0.1) is 0 Å². The molecular formula is C47H30N2O. The van der Waals surface area contributed by atoms with Crippen molar-refractivity contribution in [2.75, 3.05) is 0 Å². The van der Waals surface area contributed by atoms with Crippen molar-refractivity contribution in [2.45, 2.75) is 6.92 Å². The van der Waals surface area contributed by atoms with Crippen molar-refractivity contribution in [3.63, 3.8) is 0 Å². The zero-order valence-electron chi connectivity index (χ0n) is 27.4. The van der Waals surface area contributed by atoms with Gasteiger partial charge in [0.2, 0.25) is 0 Å². The molecular weight excluding hydrogens is 609 g/mol. The summed E-state index contributed by atoms with van der Waals surface area (Å²) in [4.78, 5) is 10.3. The van der Waals surface area contributed by atoms with Gasteiger partial charge in [-0.1, -0.05) is 139 Å². The van der Waals surface area contributed by atoms with Crippen molar-refractivity contribution in [2.24, 2.45) is 0 Å². The smallest absolute Gasteiger partial charge is 0.160 e. The van der Waals surface area contributed by atoms with Gasteiger partial charge < -0.3 is 4.42 Å². The Balaban J connectivity index is 1.24. The number of fused-ring (bicyclic) bond motifs is 10. The number of aromatic nitrogens is 2. The van der Waals surface area contributed by atoms with E-state index in [0.29, 0.717) is 5.82 Å². The Morgan fingerprint density at radius 2 is 0.980 bits per heavy atom. The van der Waals surface area contributed by atoms with Crippen LogP contribution in [0.4, 0.5) is 0 Å². The molecule has 2 aromatic heterocycles. The number of furan rings is 1. The molecule has 0 radical (unpaired) electrons. The van der Waals surface area contributed by atoms with E-state index >= 15 is 0 Å². The molecule has 3 heteroatoms. The maximum Gasteiger partial charge on any atom is 0.160 e. The minimum absolute atomic E-state index is 0.700. The molecule has 0 atom stereocenters. The fourth-order valence-electron chi connectivity index (χ4n) is 7.49. The Morgan fingerprint density at radius 3 is 1.80 bits per heavy atom. The molecule has 2 heterocycles. The molecule has 50 heavy (non-hydrogen) atoms. The number of rotatable bonds is 4. The van der Waals surface area contributed by atoms with Crippen molar-refractivity contribution >= 4 is 54.3 Å². The molecule has 0 amide bonds. The molecule has 0 saturated heterocycles. The summed E-state index contributed by atoms with van der Waals surface area (Å²) in [6.07, 6.45) is 0. The van der Waals surface area contributed by atoms with Gasteiger partial charge >= 0.3 is 0 Å². The van der Waals surface area contributed by atoms with Crippen molar-refractivity contribution in [3.8, 4) is 45.0 Å². The third-order valence-electron chi connectivity index (χ3n) is 9.91. The number of para-hydroxylation sites is 1. The van der Waals surface area contributed by atoms with Crippen LogP contribution in [0, 0.1) is 6.92 Å². The van der Waals surface area contributed by atoms with Crippen LogP contribution in [0.2, 0.25) is 0 Å². The van der Waals surface area contributed by atoms with Gasteiger partial charge in [-0.3, -0.25) is 0 Å². The van der Waals surface area contributed by atoms with Crippen LogP contribution < -0.4 is 0 Å². The number of hydrogen-bond acceptors (Lipinski definition) is 3. The van der Waals surface area contributed by atoms with Crippen LogP contribution in [0.5, 0.6) is 0 Å². The summed E-state index contributed by atoms with van der Waals surface area (Å²) < 4.78 is 6.61. The lowest BCUT2D eigenvalue weighted by molar-refractivity contribution is 0.673. The number of hydrogen-bond donors (Lipinski definition) is 0. The topological polar surface area (TPSA) is 38.9 Å². The van der Waals surface area contributed by atoms with E-state index in [2.05, 4.69) is 140 Å². The predicted octanol–water partition coefficient (Wildman–Crippen LogP) is 12.8. The van der Waals surface area contributed by atoms with E-state index in [0.717, 1.165) is 61.0 Å². The predicted molar refractivity (Wildman–Crippen MR) is 208 cm³/mol. The molecule has 0 fully saturated rings. The standard InChI is InChI=1S/C47H30N2O/c1-29-19-21-35-37-23-24-39-36-17-8-9-18-44(36)50-46(39)45(37)38-22-20-34(27-41(38)40(35)25-29)43-28-42(48-47(49-43)31-13-6-3-7-14-31)33-16-10-15-32(26-33)30-11-4-2-5-12-30/h2-28H,1H3. The second-order valence-electron chi connectivity index (χ2n) is 13.0. The summed E-state index contributed by atoms with van der Waals surface area (Å²) in [6.45, 7) is 2.16. The van der Waals surface area contributed by atoms with Crippen molar-refractivity contribution < 1.29 is 4.42 Å². The third-order valence-corrected chi connectivity index (χ3v) is 9.91. The van der Waals surface area contributed by atoms with E-state index in [1.165, 1.54) is 38.1 Å². The molecule has 0 N–H and O–H groups in total. The van der Waals surface area contributed by atoms with Crippen molar-refractivity contribution in [1.82, 2.24) is 9.97 Å². The van der Waals surface area contributed by atoms with Gasteiger partial charge in [0.25, 0.3) is 0 Å². The molecule has 0 spiro atoms. The molecule has 0 aliphatic rings. The van der Waals surface area contributed by atoms with Crippen LogP contribution in [0.1, 0.15) is 5.56 Å². The lowest BCUT2D eigenvalue weighted by atomic mass is 9.91. The Morgan fingerprint density at radius 1 is 0.380 bits per heavy atom. The van der Waals surface area contributed by atoms with E-state index in [1.54, 1.807) is 0 Å². The first kappa shape index (κ1) is 28.4. The van der Waals surface area contributed by atoms with Gasteiger partial charge in [-0.25, -0.2) is 9.97 Å². The fraction of sp³-hybridized carbons (Fsp3) is 0.0213. The minimum Gasteiger partial charge on any atom is -0.455 e. The highest BCUT2D eigenvalue weighted by Gasteiger charge is 2.18. The fourth-order valence-corrected chi connectivity index (χ4v) is 7.49. The first-order valence-corrected chi connectivity index (χ1v) is 17.0. The van der Waals surface area contributed by atoms with E-state index < -0.39 is 0 Å². The van der Waals surface area contributed by atoms with Gasteiger partial charge in [-0.05, 0) is 75.3 Å². The highest BCUT2D eigenvalue weighted by atomic mass is 16.3. The van der Waals surface area contributed by atoms with Gasteiger partial charge in [0.05, 0.1) is 11.4 Å². The largest absolute Gasteiger partial charge is 0.455 e. The molecule has 10 aromatic rings. The molecule has 234 valence electrons. The van der Waals surface area contributed by atoms with E-state index in [9.17, 15) is 0 Å². The lowest BCUT2D eigenvalue weighted by Gasteiger charge is -2.14. The number of nitrogens with zero attached hydrogens (tertiary/aromatic N) is 2. The van der Waals surface area contributed by atoms with Gasteiger partial charge in [0.15, 0.2) is 5.82 Å². The average Bonchev–Trinajstić information content (AvgIpc) is 3.57. The number of benzene rings is 8. The lowest BCUT2D eigenvalue weighted by Crippen LogP contribution is -1.96. The normalized spacial score (nSPS) is 11.7. The maximum atomic E-state index is 6.61. The van der Waals surface area contributed by atoms with Gasteiger partial charge in [0, 0.05) is 32.8 Å². The average molecular weight is 639 g/mol. The Bertz CT molecular complexity index is 2920. The molecule has 0 aliphatic carbocycles. The minimum atomic E-state index is 0.700. The van der Waals surface area contributed by atoms with Gasteiger partial charge in [0.1, 0.15) is 11.2 Å². The van der Waals surface area contributed by atoms with E-state index in [4.69, 9.17) is 14.4 Å². The van der Waals surface area contributed by atoms with E-state index in [1.807, 2.05) is 30.3 Å². The first-order chi connectivity index (χ1) is 24.7. The van der Waals surface area contributed by atoms with Crippen LogP contribution in [-0.4, -0.2) is 9.97 Å². The highest BCUT2D eigenvalue weighted by Crippen LogP contribution is 2.43. The molecule has 0 saturated carbocycles. The van der Waals surface area contributed by atoms with Gasteiger partial charge in [-0.2, -0.15) is 0 Å². The SMILES string of the molecule is Cc1ccc2c(c1)c1cc(-c3cc(-c4cccc(-c5ccccc5)c4)nc(-c4ccccc4)n3)ccc1c1c2ccc2c3ccccc3oc21. The molecule has 0 unspecified atom stereocenters. The summed E-state index contributed by atoms with van der Waals surface area (Å²) in [5.41, 5.74) is 10.2. The summed E-state index contributed by atoms with van der Waals surface area (Å²) in [5.74, 6) is 0.700. The zero-order valence-corrected chi connectivity index (χ0v) is 27.4. The zero-order chi connectivity index (χ0) is 33.2. The maximum absolute atomic E-state index is 6.61. The monoisotopic (exact) mass is 638 g/mol. The quantitative estimate of drug-likeness (QED) is 0.180. The molecule has 3 nitrogen and oxygen atoms in total. The summed E-state index contributed by atoms with van der Waals surface area (Å²) in [5, 5.41) is 9.38. The Kier molecular flexibility index (Phi) is 6.40. The molecule has 0 bridgehead atoms. The highest BCUT2D eigenvalue weighted by molar-refractivity contribution is 6.32. The summed E-state index contributed by atoms with van der Waals surface area (Å²) in [6, 6.07) is 57.8. The van der Waals surface area contributed by atoms with Crippen LogP contribution in [0.25, 0.3) is 99.3 Å². The van der Waals surface area contributed by atoms with Crippen LogP contribution in [0.15, 0.2) is 168 Å². The van der Waals surface area contributed by atoms with Crippen LogP contribution in [0.3, 0.4) is 0 Å². The second-order valence-corrected chi connectivity index (χ2v) is 13.0. The summed E-state index contributed by atoms with van der Waals surface area (Å²) in [7, 11) is 0. The Hall–Kier alpha value is -6.58.